The van der Waals surface area contributed by atoms with Crippen molar-refractivity contribution in [1.82, 2.24) is 9.97 Å². The highest BCUT2D eigenvalue weighted by molar-refractivity contribution is 5.83. The zero-order chi connectivity index (χ0) is 13.4. The van der Waals surface area contributed by atoms with Crippen molar-refractivity contribution in [1.29, 1.82) is 0 Å². The lowest BCUT2D eigenvalue weighted by Crippen LogP contribution is -1.90. The molecule has 3 N–H and O–H groups in total. The lowest BCUT2D eigenvalue weighted by atomic mass is 10.1. The van der Waals surface area contributed by atoms with Crippen LogP contribution in [0.4, 0.5) is 5.69 Å². The number of imidazole rings is 1. The second-order valence-electron chi connectivity index (χ2n) is 4.57. The smallest absolute Gasteiger partial charge is 0.142 e. The summed E-state index contributed by atoms with van der Waals surface area (Å²) in [5, 5.41) is 0. The highest BCUT2D eigenvalue weighted by atomic mass is 16.5. The van der Waals surface area contributed by atoms with E-state index in [-0.39, 0.29) is 0 Å². The molecule has 96 valence electrons. The number of aromatic nitrogens is 2. The van der Waals surface area contributed by atoms with Crippen LogP contribution in [-0.2, 0) is 0 Å². The highest BCUT2D eigenvalue weighted by Crippen LogP contribution is 2.30. The molecule has 4 nitrogen and oxygen atoms in total. The van der Waals surface area contributed by atoms with Crippen LogP contribution in [0.2, 0.25) is 0 Å². The van der Waals surface area contributed by atoms with E-state index in [1.165, 1.54) is 0 Å². The summed E-state index contributed by atoms with van der Waals surface area (Å²) in [6, 6.07) is 11.7. The van der Waals surface area contributed by atoms with Gasteiger partial charge in [0.1, 0.15) is 11.6 Å². The molecule has 19 heavy (non-hydrogen) atoms. The van der Waals surface area contributed by atoms with Gasteiger partial charge in [-0.2, -0.15) is 0 Å². The van der Waals surface area contributed by atoms with Gasteiger partial charge in [0.25, 0.3) is 0 Å². The molecule has 4 heteroatoms. The molecule has 0 aliphatic carbocycles. The molecule has 0 aliphatic heterocycles. The minimum absolute atomic E-state index is 0.721. The number of hydrogen-bond acceptors (Lipinski definition) is 3. The van der Waals surface area contributed by atoms with Gasteiger partial charge in [-0.15, -0.1) is 0 Å². The van der Waals surface area contributed by atoms with Crippen molar-refractivity contribution in [2.75, 3.05) is 12.8 Å². The number of nitrogens with zero attached hydrogens (tertiary/aromatic N) is 1. The molecule has 0 spiro atoms. The average Bonchev–Trinajstić information content (AvgIpc) is 2.81. The first-order valence-corrected chi connectivity index (χ1v) is 6.07. The molecule has 3 aromatic rings. The summed E-state index contributed by atoms with van der Waals surface area (Å²) in [6.45, 7) is 2.05. The lowest BCUT2D eigenvalue weighted by molar-refractivity contribution is 0.416. The van der Waals surface area contributed by atoms with Crippen LogP contribution >= 0.6 is 0 Å². The molecule has 0 saturated carbocycles. The molecule has 0 saturated heterocycles. The molecule has 3 rings (SSSR count). The van der Waals surface area contributed by atoms with Crippen LogP contribution in [0.1, 0.15) is 5.56 Å². The minimum Gasteiger partial charge on any atom is -0.496 e. The molecule has 0 bridgehead atoms. The Morgan fingerprint density at radius 3 is 2.79 bits per heavy atom. The number of aryl methyl sites for hydroxylation is 1. The topological polar surface area (TPSA) is 63.9 Å². The number of rotatable bonds is 2. The maximum Gasteiger partial charge on any atom is 0.142 e. The second-order valence-corrected chi connectivity index (χ2v) is 4.57. The van der Waals surface area contributed by atoms with Gasteiger partial charge in [0.2, 0.25) is 0 Å². The zero-order valence-electron chi connectivity index (χ0n) is 10.9. The van der Waals surface area contributed by atoms with Gasteiger partial charge in [0, 0.05) is 5.69 Å². The summed E-state index contributed by atoms with van der Waals surface area (Å²) >= 11 is 0. The number of nitrogen functional groups attached to an aromatic ring is 1. The molecule has 1 heterocycles. The Bertz CT molecular complexity index is 746. The van der Waals surface area contributed by atoms with E-state index in [2.05, 4.69) is 16.0 Å². The number of benzene rings is 2. The van der Waals surface area contributed by atoms with Gasteiger partial charge in [-0.3, -0.25) is 0 Å². The van der Waals surface area contributed by atoms with E-state index in [0.29, 0.717) is 0 Å². The number of fused-ring (bicyclic) bond motifs is 1. The number of nitrogens with one attached hydrogen (secondary N) is 1. The van der Waals surface area contributed by atoms with Crippen LogP contribution in [0.5, 0.6) is 5.75 Å². The van der Waals surface area contributed by atoms with E-state index in [4.69, 9.17) is 10.5 Å². The first-order valence-electron chi connectivity index (χ1n) is 6.07. The third kappa shape index (κ3) is 2.01. The number of anilines is 1. The summed E-state index contributed by atoms with van der Waals surface area (Å²) in [6.07, 6.45) is 0. The quantitative estimate of drug-likeness (QED) is 0.690. The number of ether oxygens (including phenoxy) is 1. The van der Waals surface area contributed by atoms with E-state index in [9.17, 15) is 0 Å². The van der Waals surface area contributed by atoms with Crippen molar-refractivity contribution >= 4 is 16.7 Å². The van der Waals surface area contributed by atoms with Gasteiger partial charge >= 0.3 is 0 Å². The van der Waals surface area contributed by atoms with Crippen molar-refractivity contribution < 1.29 is 4.74 Å². The molecule has 0 radical (unpaired) electrons. The molecular weight excluding hydrogens is 238 g/mol. The SMILES string of the molecule is COc1ccc(C)cc1-c1nc2ccc(N)cc2[nH]1. The molecule has 0 amide bonds. The molecule has 2 aromatic carbocycles. The third-order valence-electron chi connectivity index (χ3n) is 3.12. The summed E-state index contributed by atoms with van der Waals surface area (Å²) in [5.74, 6) is 1.60. The Morgan fingerprint density at radius 1 is 1.16 bits per heavy atom. The monoisotopic (exact) mass is 253 g/mol. The Kier molecular flexibility index (Phi) is 2.63. The summed E-state index contributed by atoms with van der Waals surface area (Å²) in [4.78, 5) is 7.87. The fourth-order valence-electron chi connectivity index (χ4n) is 2.16. The van der Waals surface area contributed by atoms with Gasteiger partial charge in [0.05, 0.1) is 23.7 Å². The number of nitrogens with two attached hydrogens (primary N) is 1. The van der Waals surface area contributed by atoms with Gasteiger partial charge in [0.15, 0.2) is 0 Å². The number of H-pyrrole nitrogens is 1. The fraction of sp³-hybridized carbons (Fsp3) is 0.133. The summed E-state index contributed by atoms with van der Waals surface area (Å²) in [5.41, 5.74) is 10.4. The van der Waals surface area contributed by atoms with Crippen LogP contribution in [0.3, 0.4) is 0 Å². The Labute approximate surface area is 111 Å². The van der Waals surface area contributed by atoms with Crippen molar-refractivity contribution in [3.63, 3.8) is 0 Å². The lowest BCUT2D eigenvalue weighted by Gasteiger charge is -2.06. The molecule has 0 unspecified atom stereocenters. The Morgan fingerprint density at radius 2 is 2.00 bits per heavy atom. The zero-order valence-corrected chi connectivity index (χ0v) is 10.9. The predicted molar refractivity (Wildman–Crippen MR) is 77.2 cm³/mol. The third-order valence-corrected chi connectivity index (χ3v) is 3.12. The van der Waals surface area contributed by atoms with E-state index in [1.54, 1.807) is 7.11 Å². The van der Waals surface area contributed by atoms with E-state index in [0.717, 1.165) is 39.4 Å². The minimum atomic E-state index is 0.721. The van der Waals surface area contributed by atoms with E-state index >= 15 is 0 Å². The molecule has 1 aromatic heterocycles. The van der Waals surface area contributed by atoms with Crippen molar-refractivity contribution in [2.24, 2.45) is 0 Å². The average molecular weight is 253 g/mol. The van der Waals surface area contributed by atoms with Crippen LogP contribution in [0.25, 0.3) is 22.4 Å². The number of aromatic amines is 1. The second kappa shape index (κ2) is 4.31. The van der Waals surface area contributed by atoms with Crippen LogP contribution in [-0.4, -0.2) is 17.1 Å². The Balaban J connectivity index is 2.21. The largest absolute Gasteiger partial charge is 0.496 e. The van der Waals surface area contributed by atoms with E-state index < -0.39 is 0 Å². The predicted octanol–water partition coefficient (Wildman–Crippen LogP) is 3.13. The number of methoxy groups -OCH3 is 1. The number of hydrogen-bond donors (Lipinski definition) is 2. The van der Waals surface area contributed by atoms with Crippen molar-refractivity contribution in [3.05, 3.63) is 42.0 Å². The first kappa shape index (κ1) is 11.6. The standard InChI is InChI=1S/C15H15N3O/c1-9-3-6-14(19-2)11(7-9)15-17-12-5-4-10(16)8-13(12)18-15/h3-8H,16H2,1-2H3,(H,17,18). The van der Waals surface area contributed by atoms with Gasteiger partial charge in [-0.05, 0) is 37.3 Å². The highest BCUT2D eigenvalue weighted by Gasteiger charge is 2.10. The van der Waals surface area contributed by atoms with Gasteiger partial charge < -0.3 is 15.5 Å². The molecule has 0 aliphatic rings. The fourth-order valence-corrected chi connectivity index (χ4v) is 2.16. The van der Waals surface area contributed by atoms with Crippen LogP contribution in [0, 0.1) is 6.92 Å². The summed E-state index contributed by atoms with van der Waals surface area (Å²) in [7, 11) is 1.66. The molecule has 0 atom stereocenters. The summed E-state index contributed by atoms with van der Waals surface area (Å²) < 4.78 is 5.39. The van der Waals surface area contributed by atoms with Crippen molar-refractivity contribution in [2.45, 2.75) is 6.92 Å². The van der Waals surface area contributed by atoms with Gasteiger partial charge in [-0.1, -0.05) is 11.6 Å². The molecule has 0 fully saturated rings. The maximum atomic E-state index is 5.78. The first-order chi connectivity index (χ1) is 9.17. The normalized spacial score (nSPS) is 10.8. The van der Waals surface area contributed by atoms with Crippen LogP contribution < -0.4 is 10.5 Å². The van der Waals surface area contributed by atoms with Crippen molar-refractivity contribution in [3.8, 4) is 17.1 Å². The maximum absolute atomic E-state index is 5.78. The molecular formula is C15H15N3O. The van der Waals surface area contributed by atoms with E-state index in [1.807, 2.05) is 37.3 Å². The van der Waals surface area contributed by atoms with Crippen LogP contribution in [0.15, 0.2) is 36.4 Å². The van der Waals surface area contributed by atoms with Gasteiger partial charge in [-0.25, -0.2) is 4.98 Å². The Hall–Kier alpha value is -2.49.